The van der Waals surface area contributed by atoms with Gasteiger partial charge < -0.3 is 29.7 Å². The molecule has 1 saturated heterocycles. The van der Waals surface area contributed by atoms with Crippen LogP contribution in [0.1, 0.15) is 26.3 Å². The molecule has 4 heterocycles. The van der Waals surface area contributed by atoms with E-state index in [-0.39, 0.29) is 11.8 Å². The minimum absolute atomic E-state index is 0.0748. The topological polar surface area (TPSA) is 128 Å². The van der Waals surface area contributed by atoms with Crippen molar-refractivity contribution in [2.45, 2.75) is 6.92 Å². The summed E-state index contributed by atoms with van der Waals surface area (Å²) in [7, 11) is 3.14. The van der Waals surface area contributed by atoms with Crippen LogP contribution in [0.5, 0.6) is 11.5 Å². The lowest BCUT2D eigenvalue weighted by molar-refractivity contribution is 0.0302. The molecule has 2 N–H and O–H groups in total. The lowest BCUT2D eigenvalue weighted by Gasteiger charge is -2.26. The fraction of sp³-hybridized carbons (Fsp3) is 0.269. The molecule has 0 atom stereocenters. The maximum Gasteiger partial charge on any atom is 0.258 e. The van der Waals surface area contributed by atoms with Crippen LogP contribution in [-0.2, 0) is 4.74 Å². The van der Waals surface area contributed by atoms with E-state index >= 15 is 0 Å². The highest BCUT2D eigenvalue weighted by Crippen LogP contribution is 2.39. The lowest BCUT2D eigenvalue weighted by atomic mass is 10.1. The van der Waals surface area contributed by atoms with Crippen LogP contribution in [0.3, 0.4) is 0 Å². The number of hydrogen-bond donors (Lipinski definition) is 2. The summed E-state index contributed by atoms with van der Waals surface area (Å²) in [6.45, 7) is 4.08. The third kappa shape index (κ3) is 5.46. The normalized spacial score (nSPS) is 13.3. The van der Waals surface area contributed by atoms with Gasteiger partial charge in [-0.25, -0.2) is 15.0 Å². The van der Waals surface area contributed by atoms with Crippen molar-refractivity contribution in [1.82, 2.24) is 19.9 Å². The van der Waals surface area contributed by atoms with Gasteiger partial charge in [-0.15, -0.1) is 11.3 Å². The summed E-state index contributed by atoms with van der Waals surface area (Å²) < 4.78 is 17.7. The maximum absolute atomic E-state index is 13.4. The van der Waals surface area contributed by atoms with Gasteiger partial charge in [0.05, 0.1) is 58.0 Å². The van der Waals surface area contributed by atoms with Crippen molar-refractivity contribution in [1.29, 1.82) is 0 Å². The third-order valence-electron chi connectivity index (χ3n) is 6.27. The highest BCUT2D eigenvalue weighted by atomic mass is 127. The van der Waals surface area contributed by atoms with Crippen molar-refractivity contribution in [3.8, 4) is 11.5 Å². The predicted molar refractivity (Wildman–Crippen MR) is 157 cm³/mol. The second kappa shape index (κ2) is 11.7. The van der Waals surface area contributed by atoms with E-state index in [1.54, 1.807) is 42.7 Å². The van der Waals surface area contributed by atoms with Crippen LogP contribution < -0.4 is 20.1 Å². The van der Waals surface area contributed by atoms with Crippen molar-refractivity contribution >= 4 is 73.3 Å². The molecule has 5 rings (SSSR count). The van der Waals surface area contributed by atoms with Crippen LogP contribution in [0.15, 0.2) is 36.1 Å². The molecule has 3 aromatic heterocycles. The Kier molecular flexibility index (Phi) is 8.09. The maximum atomic E-state index is 13.4. The van der Waals surface area contributed by atoms with Crippen molar-refractivity contribution < 1.29 is 23.8 Å². The zero-order valence-corrected chi connectivity index (χ0v) is 24.4. The monoisotopic (exact) mass is 660 g/mol. The average Bonchev–Trinajstić information content (AvgIpc) is 3.41. The molecule has 0 radical (unpaired) electrons. The fourth-order valence-corrected chi connectivity index (χ4v) is 6.02. The summed E-state index contributed by atoms with van der Waals surface area (Å²) in [6.07, 6.45) is 2.94. The SMILES string of the molecule is COc1cc(OC)c(I)c(NC(=O)c2csc3c(Nc4ccc(C(=O)N5CCOCC5)cn4)ncnc23)c1C. The van der Waals surface area contributed by atoms with Crippen LogP contribution in [0.25, 0.3) is 10.2 Å². The van der Waals surface area contributed by atoms with Crippen molar-refractivity contribution in [3.63, 3.8) is 0 Å². The molecule has 2 amide bonds. The molecule has 4 aromatic rings. The number of rotatable bonds is 7. The molecule has 11 nitrogen and oxygen atoms in total. The first-order valence-corrected chi connectivity index (χ1v) is 13.9. The zero-order chi connectivity index (χ0) is 27.5. The number of fused-ring (bicyclic) bond motifs is 1. The first-order valence-electron chi connectivity index (χ1n) is 12.0. The Morgan fingerprint density at radius 1 is 1.10 bits per heavy atom. The Bertz CT molecular complexity index is 1510. The Hall–Kier alpha value is -3.56. The van der Waals surface area contributed by atoms with Gasteiger partial charge in [0.1, 0.15) is 23.6 Å². The van der Waals surface area contributed by atoms with Gasteiger partial charge in [-0.2, -0.15) is 0 Å². The number of amides is 2. The van der Waals surface area contributed by atoms with Crippen molar-refractivity contribution in [3.05, 3.63) is 56.4 Å². The Morgan fingerprint density at radius 2 is 1.87 bits per heavy atom. The summed E-state index contributed by atoms with van der Waals surface area (Å²) in [5, 5.41) is 7.93. The number of benzene rings is 1. The molecule has 0 bridgehead atoms. The number of nitrogens with one attached hydrogen (secondary N) is 2. The van der Waals surface area contributed by atoms with Gasteiger partial charge in [-0.3, -0.25) is 9.59 Å². The molecule has 0 saturated carbocycles. The number of thiophene rings is 1. The van der Waals surface area contributed by atoms with Crippen LogP contribution in [-0.4, -0.2) is 72.2 Å². The molecule has 0 aliphatic carbocycles. The molecule has 1 aromatic carbocycles. The summed E-state index contributed by atoms with van der Waals surface area (Å²) in [5.41, 5.74) is 2.83. The first-order chi connectivity index (χ1) is 18.9. The first kappa shape index (κ1) is 27.0. The van der Waals surface area contributed by atoms with E-state index in [1.165, 1.54) is 23.9 Å². The van der Waals surface area contributed by atoms with Gasteiger partial charge in [0, 0.05) is 36.3 Å². The molecular weight excluding hydrogens is 635 g/mol. The molecular formula is C26H25IN6O5S. The van der Waals surface area contributed by atoms with E-state index in [2.05, 4.69) is 48.2 Å². The van der Waals surface area contributed by atoms with Gasteiger partial charge >= 0.3 is 0 Å². The van der Waals surface area contributed by atoms with E-state index in [4.69, 9.17) is 14.2 Å². The number of methoxy groups -OCH3 is 2. The van der Waals surface area contributed by atoms with Crippen molar-refractivity contribution in [2.24, 2.45) is 0 Å². The van der Waals surface area contributed by atoms with Crippen LogP contribution >= 0.6 is 33.9 Å². The minimum Gasteiger partial charge on any atom is -0.496 e. The van der Waals surface area contributed by atoms with Crippen LogP contribution in [0.2, 0.25) is 0 Å². The zero-order valence-electron chi connectivity index (χ0n) is 21.4. The molecule has 202 valence electrons. The lowest BCUT2D eigenvalue weighted by Crippen LogP contribution is -2.40. The number of hydrogen-bond acceptors (Lipinski definition) is 10. The van der Waals surface area contributed by atoms with Gasteiger partial charge in [0.2, 0.25) is 0 Å². The number of carbonyl (C=O) groups excluding carboxylic acids is 2. The second-order valence-corrected chi connectivity index (χ2v) is 10.5. The quantitative estimate of drug-likeness (QED) is 0.276. The number of carbonyl (C=O) groups is 2. The Balaban J connectivity index is 1.37. The number of anilines is 3. The molecule has 1 aliphatic heterocycles. The largest absolute Gasteiger partial charge is 0.496 e. The van der Waals surface area contributed by atoms with Crippen molar-refractivity contribution in [2.75, 3.05) is 51.2 Å². The number of nitrogens with zero attached hydrogens (tertiary/aromatic N) is 4. The number of halogens is 1. The summed E-state index contributed by atoms with van der Waals surface area (Å²) in [5.74, 6) is 1.85. The predicted octanol–water partition coefficient (Wildman–Crippen LogP) is 4.48. The number of morpholine rings is 1. The van der Waals surface area contributed by atoms with E-state index in [0.29, 0.717) is 76.5 Å². The summed E-state index contributed by atoms with van der Waals surface area (Å²) >= 11 is 3.49. The minimum atomic E-state index is -0.314. The van der Waals surface area contributed by atoms with Crippen LogP contribution in [0.4, 0.5) is 17.3 Å². The summed E-state index contributed by atoms with van der Waals surface area (Å²) in [6, 6.07) is 5.24. The Morgan fingerprint density at radius 3 is 2.56 bits per heavy atom. The van der Waals surface area contributed by atoms with E-state index in [9.17, 15) is 9.59 Å². The van der Waals surface area contributed by atoms with Gasteiger partial charge in [-0.1, -0.05) is 0 Å². The number of pyridine rings is 1. The third-order valence-corrected chi connectivity index (χ3v) is 8.32. The van der Waals surface area contributed by atoms with Gasteiger partial charge in [0.25, 0.3) is 11.8 Å². The smallest absolute Gasteiger partial charge is 0.258 e. The number of ether oxygens (including phenoxy) is 3. The van der Waals surface area contributed by atoms with Gasteiger partial charge in [0.15, 0.2) is 5.82 Å². The average molecular weight is 660 g/mol. The highest BCUT2D eigenvalue weighted by molar-refractivity contribution is 14.1. The Labute approximate surface area is 242 Å². The molecule has 0 unspecified atom stereocenters. The number of aromatic nitrogens is 3. The van der Waals surface area contributed by atoms with Gasteiger partial charge in [-0.05, 0) is 41.6 Å². The highest BCUT2D eigenvalue weighted by Gasteiger charge is 2.22. The molecule has 1 aliphatic rings. The fourth-order valence-electron chi connectivity index (χ4n) is 4.16. The van der Waals surface area contributed by atoms with Crippen LogP contribution in [0, 0.1) is 10.5 Å². The van der Waals surface area contributed by atoms with E-state index in [0.717, 1.165) is 9.13 Å². The molecule has 1 fully saturated rings. The van der Waals surface area contributed by atoms with E-state index < -0.39 is 0 Å². The standard InChI is InChI=1S/C26H25IN6O5S/c1-14-17(36-2)10-18(37-3)20(27)21(14)32-25(34)16-12-39-23-22(16)29-13-30-24(23)31-19-5-4-15(11-28-19)26(35)33-6-8-38-9-7-33/h4-5,10-13H,6-9H2,1-3H3,(H,32,34)(H,28,29,30,31). The molecule has 39 heavy (non-hydrogen) atoms. The summed E-state index contributed by atoms with van der Waals surface area (Å²) in [4.78, 5) is 40.9. The molecule has 0 spiro atoms. The van der Waals surface area contributed by atoms with E-state index in [1.807, 2.05) is 6.92 Å². The second-order valence-electron chi connectivity index (χ2n) is 8.56. The molecule has 13 heteroatoms.